The van der Waals surface area contributed by atoms with E-state index in [1.165, 1.54) is 0 Å². The van der Waals surface area contributed by atoms with Crippen LogP contribution in [0.1, 0.15) is 45.7 Å². The molecule has 1 aromatic heterocycles. The Morgan fingerprint density at radius 1 is 1.41 bits per heavy atom. The lowest BCUT2D eigenvalue weighted by atomic mass is 9.91. The van der Waals surface area contributed by atoms with Crippen LogP contribution in [0.25, 0.3) is 0 Å². The van der Waals surface area contributed by atoms with Crippen molar-refractivity contribution in [1.29, 1.82) is 0 Å². The highest BCUT2D eigenvalue weighted by atomic mass is 19.4. The van der Waals surface area contributed by atoms with Gasteiger partial charge in [0.05, 0.1) is 5.69 Å². The highest BCUT2D eigenvalue weighted by molar-refractivity contribution is 5.82. The van der Waals surface area contributed by atoms with E-state index in [1.807, 2.05) is 6.20 Å². The molecule has 0 atom stereocenters. The summed E-state index contributed by atoms with van der Waals surface area (Å²) in [6.07, 6.45) is 0.0216. The van der Waals surface area contributed by atoms with E-state index in [0.29, 0.717) is 13.0 Å². The zero-order valence-electron chi connectivity index (χ0n) is 13.0. The Balaban J connectivity index is 1.75. The summed E-state index contributed by atoms with van der Waals surface area (Å²) in [6, 6.07) is 0. The van der Waals surface area contributed by atoms with Crippen LogP contribution in [-0.2, 0) is 16.8 Å². The van der Waals surface area contributed by atoms with Crippen LogP contribution in [0.5, 0.6) is 0 Å². The summed E-state index contributed by atoms with van der Waals surface area (Å²) in [5.74, 6) is -1.01. The van der Waals surface area contributed by atoms with Crippen molar-refractivity contribution >= 4 is 5.91 Å². The highest BCUT2D eigenvalue weighted by Crippen LogP contribution is 2.46. The predicted molar refractivity (Wildman–Crippen MR) is 74.1 cm³/mol. The van der Waals surface area contributed by atoms with E-state index in [1.54, 1.807) is 4.68 Å². The molecule has 0 unspecified atom stereocenters. The Kier molecular flexibility index (Phi) is 4.23. The van der Waals surface area contributed by atoms with Gasteiger partial charge >= 0.3 is 6.18 Å². The third-order valence-corrected chi connectivity index (χ3v) is 4.28. The number of aryl methyl sites for hydroxylation is 1. The average molecular weight is 318 g/mol. The molecule has 0 aromatic carbocycles. The van der Waals surface area contributed by atoms with E-state index >= 15 is 0 Å². The summed E-state index contributed by atoms with van der Waals surface area (Å²) >= 11 is 0. The number of alkyl halides is 3. The lowest BCUT2D eigenvalue weighted by Crippen LogP contribution is -2.47. The normalized spacial score (nSPS) is 17.4. The fourth-order valence-corrected chi connectivity index (χ4v) is 1.92. The number of carbonyl (C=O) groups excluding carboxylic acids is 1. The van der Waals surface area contributed by atoms with Gasteiger partial charge < -0.3 is 5.32 Å². The van der Waals surface area contributed by atoms with Gasteiger partial charge in [0, 0.05) is 24.7 Å². The van der Waals surface area contributed by atoms with Gasteiger partial charge in [-0.05, 0) is 33.1 Å². The topological polar surface area (TPSA) is 59.8 Å². The number of hydrogen-bond acceptors (Lipinski definition) is 3. The molecule has 1 aromatic rings. The Hall–Kier alpha value is -1.60. The maximum Gasteiger partial charge on any atom is 0.402 e. The van der Waals surface area contributed by atoms with Crippen molar-refractivity contribution in [3.8, 4) is 0 Å². The molecule has 0 saturated heterocycles. The van der Waals surface area contributed by atoms with Crippen molar-refractivity contribution in [2.45, 2.75) is 58.2 Å². The van der Waals surface area contributed by atoms with E-state index in [4.69, 9.17) is 0 Å². The number of aromatic nitrogens is 3. The van der Waals surface area contributed by atoms with E-state index in [2.05, 4.69) is 22.6 Å². The van der Waals surface area contributed by atoms with E-state index in [0.717, 1.165) is 32.4 Å². The molecule has 5 nitrogen and oxygen atoms in total. The number of rotatable bonds is 6. The third-order valence-electron chi connectivity index (χ3n) is 4.28. The zero-order valence-corrected chi connectivity index (χ0v) is 13.0. The van der Waals surface area contributed by atoms with Gasteiger partial charge in [-0.25, -0.2) is 0 Å². The Bertz CT molecular complexity index is 547. The fourth-order valence-electron chi connectivity index (χ4n) is 1.92. The van der Waals surface area contributed by atoms with Crippen molar-refractivity contribution in [2.24, 2.45) is 5.41 Å². The van der Waals surface area contributed by atoms with Gasteiger partial charge in [0.25, 0.3) is 0 Å². The summed E-state index contributed by atoms with van der Waals surface area (Å²) in [4.78, 5) is 11.6. The van der Waals surface area contributed by atoms with Crippen LogP contribution in [0.15, 0.2) is 6.20 Å². The van der Waals surface area contributed by atoms with Crippen LogP contribution in [0.2, 0.25) is 0 Å². The first-order chi connectivity index (χ1) is 10.1. The lowest BCUT2D eigenvalue weighted by Gasteiger charge is -2.26. The Morgan fingerprint density at radius 2 is 2.05 bits per heavy atom. The smallest absolute Gasteiger partial charge is 0.355 e. The van der Waals surface area contributed by atoms with Crippen LogP contribution >= 0.6 is 0 Å². The number of halogens is 3. The predicted octanol–water partition coefficient (Wildman–Crippen LogP) is 2.42. The second kappa shape index (κ2) is 5.55. The van der Waals surface area contributed by atoms with Gasteiger partial charge in [-0.3, -0.25) is 9.48 Å². The number of nitrogens with zero attached hydrogens (tertiary/aromatic N) is 3. The SMILES string of the molecule is CC1(c2cn(CCCNC(=O)C(C)(C)C(F)(F)F)nn2)CC1. The van der Waals surface area contributed by atoms with Crippen molar-refractivity contribution < 1.29 is 18.0 Å². The number of carbonyl (C=O) groups is 1. The van der Waals surface area contributed by atoms with Gasteiger partial charge in [0.2, 0.25) is 5.91 Å². The first kappa shape index (κ1) is 16.8. The molecule has 1 aliphatic carbocycles. The molecule has 1 heterocycles. The molecule has 124 valence electrons. The van der Waals surface area contributed by atoms with Crippen molar-refractivity contribution in [3.05, 3.63) is 11.9 Å². The summed E-state index contributed by atoms with van der Waals surface area (Å²) < 4.78 is 39.8. The molecule has 0 aliphatic heterocycles. The molecule has 0 spiro atoms. The quantitative estimate of drug-likeness (QED) is 0.820. The molecule has 1 fully saturated rings. The molecular formula is C14H21F3N4O. The van der Waals surface area contributed by atoms with Gasteiger partial charge in [0.15, 0.2) is 0 Å². The molecule has 22 heavy (non-hydrogen) atoms. The molecule has 1 amide bonds. The van der Waals surface area contributed by atoms with Crippen molar-refractivity contribution in [3.63, 3.8) is 0 Å². The second-order valence-corrected chi connectivity index (χ2v) is 6.66. The summed E-state index contributed by atoms with van der Waals surface area (Å²) in [5.41, 5.74) is -1.29. The maximum absolute atomic E-state index is 12.7. The molecule has 8 heteroatoms. The van der Waals surface area contributed by atoms with Gasteiger partial charge in [0.1, 0.15) is 5.41 Å². The first-order valence-electron chi connectivity index (χ1n) is 7.32. The Labute approximate surface area is 127 Å². The van der Waals surface area contributed by atoms with Crippen molar-refractivity contribution in [1.82, 2.24) is 20.3 Å². The third kappa shape index (κ3) is 3.41. The Morgan fingerprint density at radius 3 is 2.59 bits per heavy atom. The molecule has 1 saturated carbocycles. The molecule has 2 rings (SSSR count). The van der Waals surface area contributed by atoms with Crippen LogP contribution in [-0.4, -0.2) is 33.6 Å². The van der Waals surface area contributed by atoms with Crippen molar-refractivity contribution in [2.75, 3.05) is 6.54 Å². The minimum Gasteiger partial charge on any atom is -0.355 e. The highest BCUT2D eigenvalue weighted by Gasteiger charge is 2.52. The van der Waals surface area contributed by atoms with E-state index < -0.39 is 17.5 Å². The maximum atomic E-state index is 12.7. The molecule has 1 aliphatic rings. The standard InChI is InChI=1S/C14H21F3N4O/c1-12(2,14(15,16)17)11(22)18-7-4-8-21-9-10(19-20-21)13(3)5-6-13/h9H,4-8H2,1-3H3,(H,18,22). The van der Waals surface area contributed by atoms with Gasteiger partial charge in [-0.2, -0.15) is 13.2 Å². The minimum atomic E-state index is -4.56. The molecule has 0 radical (unpaired) electrons. The van der Waals surface area contributed by atoms with Crippen LogP contribution in [0.4, 0.5) is 13.2 Å². The average Bonchev–Trinajstić information content (AvgIpc) is 2.99. The summed E-state index contributed by atoms with van der Waals surface area (Å²) in [6.45, 7) is 4.56. The lowest BCUT2D eigenvalue weighted by molar-refractivity contribution is -0.211. The zero-order chi connectivity index (χ0) is 16.6. The molecule has 1 N–H and O–H groups in total. The van der Waals surface area contributed by atoms with Gasteiger partial charge in [-0.1, -0.05) is 12.1 Å². The molecule has 0 bridgehead atoms. The van der Waals surface area contributed by atoms with Crippen LogP contribution in [0.3, 0.4) is 0 Å². The largest absolute Gasteiger partial charge is 0.402 e. The number of amides is 1. The van der Waals surface area contributed by atoms with E-state index in [9.17, 15) is 18.0 Å². The van der Waals surface area contributed by atoms with Crippen LogP contribution < -0.4 is 5.32 Å². The van der Waals surface area contributed by atoms with E-state index in [-0.39, 0.29) is 12.0 Å². The fraction of sp³-hybridized carbons (Fsp3) is 0.786. The molecular weight excluding hydrogens is 297 g/mol. The number of hydrogen-bond donors (Lipinski definition) is 1. The summed E-state index contributed by atoms with van der Waals surface area (Å²) in [5, 5.41) is 10.4. The second-order valence-electron chi connectivity index (χ2n) is 6.66. The van der Waals surface area contributed by atoms with Gasteiger partial charge in [-0.15, -0.1) is 5.10 Å². The minimum absolute atomic E-state index is 0.142. The number of nitrogens with one attached hydrogen (secondary N) is 1. The summed E-state index contributed by atoms with van der Waals surface area (Å²) in [7, 11) is 0. The van der Waals surface area contributed by atoms with Crippen LogP contribution in [0, 0.1) is 5.41 Å². The first-order valence-corrected chi connectivity index (χ1v) is 7.32. The monoisotopic (exact) mass is 318 g/mol.